The van der Waals surface area contributed by atoms with Crippen molar-refractivity contribution in [3.8, 4) is 0 Å². The number of imidazole rings is 1. The Bertz CT molecular complexity index is 894. The molecule has 3 heterocycles. The summed E-state index contributed by atoms with van der Waals surface area (Å²) in [5, 5.41) is 1.18. The van der Waals surface area contributed by atoms with Gasteiger partial charge >= 0.3 is 0 Å². The largest absolute Gasteiger partial charge is 0.293 e. The van der Waals surface area contributed by atoms with Gasteiger partial charge in [-0.05, 0) is 53.1 Å². The van der Waals surface area contributed by atoms with Gasteiger partial charge in [0.05, 0.1) is 16.4 Å². The normalized spacial score (nSPS) is 17.6. The number of fused-ring (bicyclic) bond motifs is 2. The topological polar surface area (TPSA) is 46.3 Å². The standard InChI is InChI=1S/C18H23N5S/c1-11-8-12(2)23-10-14(21-18(23)19-11)9-22(4)16-7-5-6-15-17(16)24-13(3)20-15/h8,10,16H,5-7,9H2,1-4H3/t16-/m0/s1. The van der Waals surface area contributed by atoms with Gasteiger partial charge in [-0.1, -0.05) is 0 Å². The average molecular weight is 341 g/mol. The van der Waals surface area contributed by atoms with Crippen molar-refractivity contribution in [3.63, 3.8) is 0 Å². The quantitative estimate of drug-likeness (QED) is 0.730. The Morgan fingerprint density at radius 1 is 1.25 bits per heavy atom. The Morgan fingerprint density at radius 3 is 2.92 bits per heavy atom. The summed E-state index contributed by atoms with van der Waals surface area (Å²) < 4.78 is 2.08. The van der Waals surface area contributed by atoms with Crippen LogP contribution in [0.15, 0.2) is 12.3 Å². The monoisotopic (exact) mass is 341 g/mol. The molecule has 5 nitrogen and oxygen atoms in total. The third-order valence-electron chi connectivity index (χ3n) is 4.78. The van der Waals surface area contributed by atoms with Crippen molar-refractivity contribution >= 4 is 17.1 Å². The molecule has 1 aliphatic carbocycles. The summed E-state index contributed by atoms with van der Waals surface area (Å²) in [6, 6.07) is 2.55. The van der Waals surface area contributed by atoms with E-state index in [4.69, 9.17) is 9.97 Å². The van der Waals surface area contributed by atoms with Gasteiger partial charge in [0.1, 0.15) is 0 Å². The highest BCUT2D eigenvalue weighted by molar-refractivity contribution is 7.11. The van der Waals surface area contributed by atoms with Crippen LogP contribution < -0.4 is 0 Å². The predicted molar refractivity (Wildman–Crippen MR) is 96.5 cm³/mol. The molecule has 0 radical (unpaired) electrons. The van der Waals surface area contributed by atoms with Crippen molar-refractivity contribution in [2.75, 3.05) is 7.05 Å². The van der Waals surface area contributed by atoms with Gasteiger partial charge in [-0.25, -0.2) is 15.0 Å². The van der Waals surface area contributed by atoms with Crippen molar-refractivity contribution < 1.29 is 0 Å². The van der Waals surface area contributed by atoms with Crippen LogP contribution >= 0.6 is 11.3 Å². The molecule has 0 fully saturated rings. The fraction of sp³-hybridized carbons (Fsp3) is 0.500. The van der Waals surface area contributed by atoms with E-state index in [1.807, 2.05) is 18.3 Å². The maximum Gasteiger partial charge on any atom is 0.234 e. The van der Waals surface area contributed by atoms with E-state index in [0.29, 0.717) is 6.04 Å². The molecule has 0 unspecified atom stereocenters. The molecule has 126 valence electrons. The molecular formula is C18H23N5S. The second-order valence-corrected chi connectivity index (χ2v) is 8.04. The van der Waals surface area contributed by atoms with Crippen molar-refractivity contribution in [1.29, 1.82) is 0 Å². The van der Waals surface area contributed by atoms with Gasteiger partial charge in [0, 0.05) is 35.0 Å². The van der Waals surface area contributed by atoms with Gasteiger partial charge in [-0.2, -0.15) is 0 Å². The molecule has 0 spiro atoms. The van der Waals surface area contributed by atoms with Crippen LogP contribution in [0, 0.1) is 20.8 Å². The van der Waals surface area contributed by atoms with Gasteiger partial charge in [0.2, 0.25) is 5.78 Å². The lowest BCUT2D eigenvalue weighted by Gasteiger charge is -2.30. The molecule has 1 aliphatic rings. The van der Waals surface area contributed by atoms with Crippen molar-refractivity contribution in [2.45, 2.75) is 52.6 Å². The predicted octanol–water partition coefficient (Wildman–Crippen LogP) is 3.62. The number of aromatic nitrogens is 4. The molecule has 0 N–H and O–H groups in total. The Balaban J connectivity index is 1.60. The Labute approximate surface area is 146 Å². The summed E-state index contributed by atoms with van der Waals surface area (Å²) in [6.45, 7) is 7.06. The molecular weight excluding hydrogens is 318 g/mol. The van der Waals surface area contributed by atoms with Crippen molar-refractivity contribution in [1.82, 2.24) is 24.3 Å². The summed E-state index contributed by atoms with van der Waals surface area (Å²) in [7, 11) is 2.20. The van der Waals surface area contributed by atoms with Gasteiger partial charge < -0.3 is 0 Å². The van der Waals surface area contributed by atoms with Crippen LogP contribution in [0.5, 0.6) is 0 Å². The smallest absolute Gasteiger partial charge is 0.234 e. The van der Waals surface area contributed by atoms with Gasteiger partial charge in [-0.15, -0.1) is 11.3 Å². The minimum absolute atomic E-state index is 0.459. The minimum atomic E-state index is 0.459. The lowest BCUT2D eigenvalue weighted by molar-refractivity contribution is 0.214. The molecule has 3 aromatic heterocycles. The highest BCUT2D eigenvalue weighted by atomic mass is 32.1. The van der Waals surface area contributed by atoms with E-state index in [1.165, 1.54) is 34.1 Å². The first-order valence-corrected chi connectivity index (χ1v) is 9.31. The number of nitrogens with zero attached hydrogens (tertiary/aromatic N) is 5. The van der Waals surface area contributed by atoms with Gasteiger partial charge in [-0.3, -0.25) is 9.30 Å². The Hall–Kier alpha value is -1.79. The zero-order valence-corrected chi connectivity index (χ0v) is 15.5. The van der Waals surface area contributed by atoms with E-state index in [1.54, 1.807) is 0 Å². The maximum atomic E-state index is 4.73. The summed E-state index contributed by atoms with van der Waals surface area (Å²) in [6.07, 6.45) is 5.67. The molecule has 6 heteroatoms. The fourth-order valence-corrected chi connectivity index (χ4v) is 4.87. The first-order valence-electron chi connectivity index (χ1n) is 8.50. The summed E-state index contributed by atoms with van der Waals surface area (Å²) >= 11 is 1.86. The number of thiazole rings is 1. The van der Waals surface area contributed by atoms with Crippen molar-refractivity contribution in [3.05, 3.63) is 44.9 Å². The molecule has 1 atom stereocenters. The fourth-order valence-electron chi connectivity index (χ4n) is 3.70. The summed E-state index contributed by atoms with van der Waals surface area (Å²) in [4.78, 5) is 17.8. The second-order valence-electron chi connectivity index (χ2n) is 6.81. The molecule has 0 saturated heterocycles. The summed E-state index contributed by atoms with van der Waals surface area (Å²) in [5.74, 6) is 0.800. The van der Waals surface area contributed by atoms with Gasteiger partial charge in [0.25, 0.3) is 0 Å². The molecule has 0 aliphatic heterocycles. The van der Waals surface area contributed by atoms with Crippen LogP contribution in [0.3, 0.4) is 0 Å². The van der Waals surface area contributed by atoms with E-state index in [2.05, 4.69) is 47.4 Å². The zero-order chi connectivity index (χ0) is 16.8. The van der Waals surface area contributed by atoms with E-state index >= 15 is 0 Å². The Morgan fingerprint density at radius 2 is 2.08 bits per heavy atom. The third-order valence-corrected chi connectivity index (χ3v) is 5.90. The molecule has 0 aromatic carbocycles. The highest BCUT2D eigenvalue weighted by Gasteiger charge is 2.27. The molecule has 24 heavy (non-hydrogen) atoms. The van der Waals surface area contributed by atoms with Crippen LogP contribution in [0.25, 0.3) is 5.78 Å². The van der Waals surface area contributed by atoms with Crippen LogP contribution in [-0.4, -0.2) is 31.3 Å². The van der Waals surface area contributed by atoms with E-state index in [0.717, 1.165) is 30.1 Å². The molecule has 3 aromatic rings. The van der Waals surface area contributed by atoms with E-state index in [-0.39, 0.29) is 0 Å². The Kier molecular flexibility index (Phi) is 3.89. The first kappa shape index (κ1) is 15.7. The number of hydrogen-bond donors (Lipinski definition) is 0. The van der Waals surface area contributed by atoms with Crippen LogP contribution in [0.1, 0.15) is 51.5 Å². The maximum absolute atomic E-state index is 4.73. The molecule has 4 rings (SSSR count). The SMILES string of the molecule is Cc1cc(C)n2cc(CN(C)[C@H]3CCCc4nc(C)sc43)nc2n1. The minimum Gasteiger partial charge on any atom is -0.293 e. The lowest BCUT2D eigenvalue weighted by atomic mass is 9.97. The highest BCUT2D eigenvalue weighted by Crippen LogP contribution is 2.37. The van der Waals surface area contributed by atoms with Crippen LogP contribution in [0.2, 0.25) is 0 Å². The number of hydrogen-bond acceptors (Lipinski definition) is 5. The third kappa shape index (κ3) is 2.74. The second kappa shape index (κ2) is 5.93. The van der Waals surface area contributed by atoms with E-state index < -0.39 is 0 Å². The van der Waals surface area contributed by atoms with Crippen molar-refractivity contribution in [2.24, 2.45) is 0 Å². The summed E-state index contributed by atoms with van der Waals surface area (Å²) in [5.41, 5.74) is 4.58. The van der Waals surface area contributed by atoms with E-state index in [9.17, 15) is 0 Å². The zero-order valence-electron chi connectivity index (χ0n) is 14.7. The number of rotatable bonds is 3. The van der Waals surface area contributed by atoms with Gasteiger partial charge in [0.15, 0.2) is 0 Å². The molecule has 0 bridgehead atoms. The van der Waals surface area contributed by atoms with Crippen LogP contribution in [-0.2, 0) is 13.0 Å². The average Bonchev–Trinajstić information content (AvgIpc) is 3.08. The molecule has 0 amide bonds. The van der Waals surface area contributed by atoms with Crippen LogP contribution in [0.4, 0.5) is 0 Å². The first-order chi connectivity index (χ1) is 11.5. The number of aryl methyl sites for hydroxylation is 4. The molecule has 0 saturated carbocycles. The lowest BCUT2D eigenvalue weighted by Crippen LogP contribution is -2.26.